The van der Waals surface area contributed by atoms with E-state index in [9.17, 15) is 9.59 Å². The van der Waals surface area contributed by atoms with Gasteiger partial charge in [0.25, 0.3) is 0 Å². The van der Waals surface area contributed by atoms with E-state index in [4.69, 9.17) is 4.74 Å². The lowest BCUT2D eigenvalue weighted by atomic mass is 10.1. The summed E-state index contributed by atoms with van der Waals surface area (Å²) < 4.78 is 6.68. The van der Waals surface area contributed by atoms with E-state index in [-0.39, 0.29) is 11.7 Å². The lowest BCUT2D eigenvalue weighted by Crippen LogP contribution is -2.25. The summed E-state index contributed by atoms with van der Waals surface area (Å²) in [4.78, 5) is 26.2. The van der Waals surface area contributed by atoms with Crippen LogP contribution >= 0.6 is 27.3 Å². The zero-order chi connectivity index (χ0) is 17.5. The molecule has 0 unspecified atom stereocenters. The summed E-state index contributed by atoms with van der Waals surface area (Å²) in [6.45, 7) is 2.64. The lowest BCUT2D eigenvalue weighted by Gasteiger charge is -2.16. The third-order valence-electron chi connectivity index (χ3n) is 3.51. The van der Waals surface area contributed by atoms with Crippen LogP contribution in [0, 0.1) is 0 Å². The number of ketones is 1. The molecule has 0 aliphatic rings. The number of nitrogens with zero attached hydrogens (tertiary/aromatic N) is 1. The van der Waals surface area contributed by atoms with Crippen LogP contribution in [0.25, 0.3) is 0 Å². The van der Waals surface area contributed by atoms with Gasteiger partial charge in [-0.3, -0.25) is 9.59 Å². The highest BCUT2D eigenvalue weighted by Crippen LogP contribution is 2.23. The standard InChI is InChI=1S/C18H20BrNO3S/c1-13(21)14-5-7-15(8-6-14)23-11-3-4-18(22)20(2)12-16-9-10-17(19)24-16/h5-10H,3-4,11-12H2,1-2H3. The van der Waals surface area contributed by atoms with E-state index in [0.717, 1.165) is 8.66 Å². The third kappa shape index (κ3) is 5.76. The minimum absolute atomic E-state index is 0.0351. The topological polar surface area (TPSA) is 46.6 Å². The molecule has 0 radical (unpaired) electrons. The highest BCUT2D eigenvalue weighted by Gasteiger charge is 2.10. The SMILES string of the molecule is CC(=O)c1ccc(OCCCC(=O)N(C)Cc2ccc(Br)s2)cc1. The van der Waals surface area contributed by atoms with Crippen molar-refractivity contribution in [2.45, 2.75) is 26.3 Å². The zero-order valence-corrected chi connectivity index (χ0v) is 16.2. The smallest absolute Gasteiger partial charge is 0.222 e. The zero-order valence-electron chi connectivity index (χ0n) is 13.8. The van der Waals surface area contributed by atoms with Gasteiger partial charge in [0, 0.05) is 23.9 Å². The number of benzene rings is 1. The molecule has 1 aromatic carbocycles. The second-order valence-corrected chi connectivity index (χ2v) is 8.04. The number of carbonyl (C=O) groups is 2. The van der Waals surface area contributed by atoms with Gasteiger partial charge in [0.05, 0.1) is 16.9 Å². The van der Waals surface area contributed by atoms with E-state index in [1.807, 2.05) is 19.2 Å². The largest absolute Gasteiger partial charge is 0.494 e. The Labute approximate surface area is 154 Å². The van der Waals surface area contributed by atoms with Crippen molar-refractivity contribution in [2.75, 3.05) is 13.7 Å². The summed E-state index contributed by atoms with van der Waals surface area (Å²) >= 11 is 5.06. The fourth-order valence-electron chi connectivity index (χ4n) is 2.15. The summed E-state index contributed by atoms with van der Waals surface area (Å²) in [5.74, 6) is 0.854. The molecule has 6 heteroatoms. The minimum Gasteiger partial charge on any atom is -0.494 e. The van der Waals surface area contributed by atoms with Crippen molar-refractivity contribution in [3.63, 3.8) is 0 Å². The van der Waals surface area contributed by atoms with Gasteiger partial charge in [0.2, 0.25) is 5.91 Å². The van der Waals surface area contributed by atoms with Crippen molar-refractivity contribution in [3.05, 3.63) is 50.6 Å². The van der Waals surface area contributed by atoms with Crippen molar-refractivity contribution in [3.8, 4) is 5.75 Å². The molecule has 0 saturated heterocycles. The van der Waals surface area contributed by atoms with E-state index in [2.05, 4.69) is 15.9 Å². The summed E-state index contributed by atoms with van der Waals surface area (Å²) in [5.41, 5.74) is 0.666. The monoisotopic (exact) mass is 409 g/mol. The molecule has 1 heterocycles. The van der Waals surface area contributed by atoms with Gasteiger partial charge < -0.3 is 9.64 Å². The maximum atomic E-state index is 12.1. The second-order valence-electron chi connectivity index (χ2n) is 5.49. The number of amides is 1. The molecule has 4 nitrogen and oxygen atoms in total. The molecule has 0 aliphatic carbocycles. The van der Waals surface area contributed by atoms with E-state index in [1.54, 1.807) is 40.5 Å². The lowest BCUT2D eigenvalue weighted by molar-refractivity contribution is -0.130. The Bertz CT molecular complexity index is 697. The molecule has 24 heavy (non-hydrogen) atoms. The Morgan fingerprint density at radius 3 is 2.46 bits per heavy atom. The predicted molar refractivity (Wildman–Crippen MR) is 99.7 cm³/mol. The number of halogens is 1. The summed E-state index contributed by atoms with van der Waals surface area (Å²) in [6.07, 6.45) is 1.11. The van der Waals surface area contributed by atoms with Gasteiger partial charge in [-0.05, 0) is 65.7 Å². The average molecular weight is 410 g/mol. The first kappa shape index (κ1) is 18.7. The van der Waals surface area contributed by atoms with Crippen LogP contribution in [0.1, 0.15) is 35.0 Å². The average Bonchev–Trinajstić information content (AvgIpc) is 2.96. The van der Waals surface area contributed by atoms with Crippen LogP contribution in [0.4, 0.5) is 0 Å². The number of hydrogen-bond donors (Lipinski definition) is 0. The summed E-state index contributed by atoms with van der Waals surface area (Å²) in [5, 5.41) is 0. The Morgan fingerprint density at radius 1 is 1.17 bits per heavy atom. The Morgan fingerprint density at radius 2 is 1.88 bits per heavy atom. The van der Waals surface area contributed by atoms with Crippen LogP contribution in [0.15, 0.2) is 40.2 Å². The van der Waals surface area contributed by atoms with Crippen LogP contribution < -0.4 is 4.74 Å². The first-order valence-electron chi connectivity index (χ1n) is 7.67. The van der Waals surface area contributed by atoms with Crippen molar-refractivity contribution in [1.82, 2.24) is 4.90 Å². The first-order valence-corrected chi connectivity index (χ1v) is 9.28. The molecule has 0 saturated carbocycles. The number of ether oxygens (including phenoxy) is 1. The number of carbonyl (C=O) groups excluding carboxylic acids is 2. The normalized spacial score (nSPS) is 10.5. The second kappa shape index (κ2) is 8.99. The van der Waals surface area contributed by atoms with E-state index < -0.39 is 0 Å². The van der Waals surface area contributed by atoms with Crippen LogP contribution in [0.5, 0.6) is 5.75 Å². The molecule has 0 spiro atoms. The quantitative estimate of drug-likeness (QED) is 0.475. The Hall–Kier alpha value is -1.66. The first-order chi connectivity index (χ1) is 11.5. The fraction of sp³-hybridized carbons (Fsp3) is 0.333. The molecule has 0 atom stereocenters. The molecule has 2 rings (SSSR count). The highest BCUT2D eigenvalue weighted by molar-refractivity contribution is 9.11. The van der Waals surface area contributed by atoms with Gasteiger partial charge >= 0.3 is 0 Å². The van der Waals surface area contributed by atoms with Gasteiger partial charge in [0.15, 0.2) is 5.78 Å². The molecule has 0 bridgehead atoms. The maximum Gasteiger partial charge on any atom is 0.222 e. The molecular formula is C18H20BrNO3S. The molecule has 2 aromatic rings. The van der Waals surface area contributed by atoms with Crippen LogP contribution in [0.2, 0.25) is 0 Å². The van der Waals surface area contributed by atoms with Crippen LogP contribution in [-0.2, 0) is 11.3 Å². The number of rotatable bonds is 8. The summed E-state index contributed by atoms with van der Waals surface area (Å²) in [7, 11) is 1.82. The predicted octanol–water partition coefficient (Wildman–Crippen LogP) is 4.53. The van der Waals surface area contributed by atoms with Gasteiger partial charge in [-0.2, -0.15) is 0 Å². The molecule has 0 fully saturated rings. The molecule has 0 aliphatic heterocycles. The molecule has 0 N–H and O–H groups in total. The van der Waals surface area contributed by atoms with Crippen molar-refractivity contribution in [2.24, 2.45) is 0 Å². The number of Topliss-reactive ketones (excluding diaryl/α,β-unsaturated/α-hetero) is 1. The number of hydrogen-bond acceptors (Lipinski definition) is 4. The summed E-state index contributed by atoms with van der Waals surface area (Å²) in [6, 6.07) is 11.1. The maximum absolute atomic E-state index is 12.1. The van der Waals surface area contributed by atoms with Crippen molar-refractivity contribution < 1.29 is 14.3 Å². The van der Waals surface area contributed by atoms with E-state index >= 15 is 0 Å². The highest BCUT2D eigenvalue weighted by atomic mass is 79.9. The van der Waals surface area contributed by atoms with E-state index in [0.29, 0.717) is 37.3 Å². The van der Waals surface area contributed by atoms with Crippen LogP contribution in [-0.4, -0.2) is 30.2 Å². The Kier molecular flexibility index (Phi) is 6.99. The fourth-order valence-corrected chi connectivity index (χ4v) is 3.69. The minimum atomic E-state index is 0.0351. The van der Waals surface area contributed by atoms with E-state index in [1.165, 1.54) is 6.92 Å². The van der Waals surface area contributed by atoms with Gasteiger partial charge in [-0.1, -0.05) is 0 Å². The molecular weight excluding hydrogens is 390 g/mol. The molecule has 128 valence electrons. The van der Waals surface area contributed by atoms with Gasteiger partial charge in [-0.25, -0.2) is 0 Å². The number of thiophene rings is 1. The van der Waals surface area contributed by atoms with Crippen molar-refractivity contribution >= 4 is 39.0 Å². The molecule has 1 amide bonds. The van der Waals surface area contributed by atoms with Gasteiger partial charge in [-0.15, -0.1) is 11.3 Å². The molecule has 1 aromatic heterocycles. The van der Waals surface area contributed by atoms with Crippen LogP contribution in [0.3, 0.4) is 0 Å². The Balaban J connectivity index is 1.69. The third-order valence-corrected chi connectivity index (χ3v) is 5.12. The van der Waals surface area contributed by atoms with Gasteiger partial charge in [0.1, 0.15) is 5.75 Å². The van der Waals surface area contributed by atoms with Crippen molar-refractivity contribution in [1.29, 1.82) is 0 Å².